The van der Waals surface area contributed by atoms with Gasteiger partial charge in [-0.3, -0.25) is 4.79 Å². The molecule has 0 aliphatic heterocycles. The Morgan fingerprint density at radius 2 is 1.85 bits per heavy atom. The topological polar surface area (TPSA) is 76.4 Å². The summed E-state index contributed by atoms with van der Waals surface area (Å²) in [5, 5.41) is -0.116. The molecule has 0 spiro atoms. The van der Waals surface area contributed by atoms with E-state index in [2.05, 4.69) is 4.72 Å². The Bertz CT molecular complexity index is 714. The van der Waals surface area contributed by atoms with E-state index in [1.54, 1.807) is 37.3 Å². The van der Waals surface area contributed by atoms with Gasteiger partial charge in [0.1, 0.15) is 0 Å². The third-order valence-corrected chi connectivity index (χ3v) is 4.28. The van der Waals surface area contributed by atoms with Crippen LogP contribution >= 0.6 is 0 Å². The first kappa shape index (κ1) is 14.5. The van der Waals surface area contributed by atoms with Crippen molar-refractivity contribution in [1.82, 2.24) is 4.72 Å². The van der Waals surface area contributed by atoms with Crippen LogP contribution in [0.5, 0.6) is 0 Å². The average molecular weight is 293 g/mol. The molecule has 106 valence electrons. The van der Waals surface area contributed by atoms with Gasteiger partial charge in [0, 0.05) is 17.7 Å². The summed E-state index contributed by atoms with van der Waals surface area (Å²) < 4.78 is 31.5. The quantitative estimate of drug-likeness (QED) is 0.859. The van der Waals surface area contributed by atoms with Crippen molar-refractivity contribution in [3.8, 4) is 11.1 Å². The molecule has 0 fully saturated rings. The zero-order valence-electron chi connectivity index (χ0n) is 11.2. The largest absolute Gasteiger partial charge is 0.451 e. The number of carbonyl (C=O) groups excluding carboxylic acids is 1. The fourth-order valence-electron chi connectivity index (χ4n) is 1.86. The van der Waals surface area contributed by atoms with Crippen molar-refractivity contribution in [2.45, 2.75) is 18.9 Å². The van der Waals surface area contributed by atoms with Crippen LogP contribution < -0.4 is 4.72 Å². The van der Waals surface area contributed by atoms with E-state index in [1.165, 1.54) is 13.2 Å². The molecule has 0 atom stereocenters. The molecule has 0 amide bonds. The van der Waals surface area contributed by atoms with Crippen LogP contribution in [-0.2, 0) is 10.0 Å². The zero-order chi connectivity index (χ0) is 14.8. The van der Waals surface area contributed by atoms with Gasteiger partial charge in [-0.2, -0.15) is 0 Å². The van der Waals surface area contributed by atoms with Crippen molar-refractivity contribution in [2.24, 2.45) is 0 Å². The molecule has 0 saturated heterocycles. The summed E-state index contributed by atoms with van der Waals surface area (Å²) in [5.41, 5.74) is 1.73. The van der Waals surface area contributed by atoms with Crippen LogP contribution in [0, 0.1) is 0 Å². The highest BCUT2D eigenvalue weighted by molar-refractivity contribution is 7.89. The summed E-state index contributed by atoms with van der Waals surface area (Å²) in [6.45, 7) is 3.46. The van der Waals surface area contributed by atoms with Crippen molar-refractivity contribution in [3.63, 3.8) is 0 Å². The second kappa shape index (κ2) is 5.60. The van der Waals surface area contributed by atoms with Gasteiger partial charge in [-0.25, -0.2) is 13.1 Å². The maximum atomic E-state index is 12.0. The fraction of sp³-hybridized carbons (Fsp3) is 0.214. The third-order valence-electron chi connectivity index (χ3n) is 2.81. The number of ketones is 1. The van der Waals surface area contributed by atoms with Gasteiger partial charge in [0.25, 0.3) is 10.0 Å². The van der Waals surface area contributed by atoms with Crippen LogP contribution in [0.4, 0.5) is 0 Å². The second-order valence-electron chi connectivity index (χ2n) is 4.26. The van der Waals surface area contributed by atoms with Crippen molar-refractivity contribution in [3.05, 3.63) is 42.2 Å². The van der Waals surface area contributed by atoms with Gasteiger partial charge in [-0.1, -0.05) is 31.2 Å². The summed E-state index contributed by atoms with van der Waals surface area (Å²) in [7, 11) is -3.66. The molecule has 0 radical (unpaired) electrons. The summed E-state index contributed by atoms with van der Waals surface area (Å²) in [6.07, 6.45) is 1.33. The number of hydrogen-bond acceptors (Lipinski definition) is 4. The molecule has 6 heteroatoms. The minimum Gasteiger partial charge on any atom is -0.451 e. The Labute approximate surface area is 117 Å². The van der Waals surface area contributed by atoms with E-state index in [9.17, 15) is 13.2 Å². The number of rotatable bonds is 5. The Hall–Kier alpha value is -1.92. The van der Waals surface area contributed by atoms with E-state index in [4.69, 9.17) is 4.42 Å². The van der Waals surface area contributed by atoms with Gasteiger partial charge in [0.05, 0.1) is 6.26 Å². The molecule has 1 aromatic carbocycles. The lowest BCUT2D eigenvalue weighted by molar-refractivity contribution is 0.101. The molecule has 5 nitrogen and oxygen atoms in total. The summed E-state index contributed by atoms with van der Waals surface area (Å²) in [4.78, 5) is 11.2. The first-order valence-electron chi connectivity index (χ1n) is 6.14. The number of sulfonamides is 1. The van der Waals surface area contributed by atoms with Gasteiger partial charge in [0.2, 0.25) is 5.09 Å². The molecule has 1 N–H and O–H groups in total. The van der Waals surface area contributed by atoms with E-state index >= 15 is 0 Å². The van der Waals surface area contributed by atoms with Crippen molar-refractivity contribution >= 4 is 15.8 Å². The number of nitrogens with one attached hydrogen (secondary N) is 1. The number of furan rings is 1. The predicted molar refractivity (Wildman–Crippen MR) is 75.0 cm³/mol. The molecular weight excluding hydrogens is 278 g/mol. The van der Waals surface area contributed by atoms with Crippen molar-refractivity contribution in [2.75, 3.05) is 6.54 Å². The van der Waals surface area contributed by atoms with Gasteiger partial charge in [-0.15, -0.1) is 0 Å². The van der Waals surface area contributed by atoms with Crippen molar-refractivity contribution in [1.29, 1.82) is 0 Å². The molecule has 0 saturated carbocycles. The van der Waals surface area contributed by atoms with Crippen LogP contribution in [0.25, 0.3) is 11.1 Å². The average Bonchev–Trinajstić information content (AvgIpc) is 2.88. The van der Waals surface area contributed by atoms with Gasteiger partial charge in [-0.05, 0) is 18.6 Å². The van der Waals surface area contributed by atoms with Crippen molar-refractivity contribution < 1.29 is 17.6 Å². The first-order chi connectivity index (χ1) is 9.45. The maximum absolute atomic E-state index is 12.0. The van der Waals surface area contributed by atoms with Crippen LogP contribution in [0.1, 0.15) is 24.2 Å². The molecule has 0 bridgehead atoms. The number of benzene rings is 1. The molecule has 20 heavy (non-hydrogen) atoms. The lowest BCUT2D eigenvalue weighted by atomic mass is 10.1. The first-order valence-corrected chi connectivity index (χ1v) is 7.62. The highest BCUT2D eigenvalue weighted by Crippen LogP contribution is 2.28. The van der Waals surface area contributed by atoms with Crippen LogP contribution in [0.15, 0.2) is 46.1 Å². The molecule has 1 heterocycles. The van der Waals surface area contributed by atoms with Gasteiger partial charge >= 0.3 is 0 Å². The Morgan fingerprint density at radius 3 is 2.40 bits per heavy atom. The van der Waals surface area contributed by atoms with Crippen LogP contribution in [0.3, 0.4) is 0 Å². The summed E-state index contributed by atoms with van der Waals surface area (Å²) in [5.74, 6) is -0.0377. The minimum absolute atomic E-state index is 0.0377. The van der Waals surface area contributed by atoms with E-state index < -0.39 is 10.0 Å². The Balaban J connectivity index is 2.45. The normalized spacial score (nSPS) is 11.5. The molecule has 1 aromatic heterocycles. The Morgan fingerprint density at radius 1 is 1.20 bits per heavy atom. The lowest BCUT2D eigenvalue weighted by Crippen LogP contribution is -2.23. The lowest BCUT2D eigenvalue weighted by Gasteiger charge is -2.05. The molecular formula is C14H15NO4S. The SMILES string of the molecule is CCNS(=O)(=O)c1occc1-c1ccc(C(C)=O)cc1. The summed E-state index contributed by atoms with van der Waals surface area (Å²) >= 11 is 0. The van der Waals surface area contributed by atoms with E-state index in [0.29, 0.717) is 16.7 Å². The van der Waals surface area contributed by atoms with Gasteiger partial charge < -0.3 is 4.42 Å². The smallest absolute Gasteiger partial charge is 0.274 e. The minimum atomic E-state index is -3.66. The third kappa shape index (κ3) is 2.81. The number of carbonyl (C=O) groups is 1. The highest BCUT2D eigenvalue weighted by atomic mass is 32.2. The number of hydrogen-bond donors (Lipinski definition) is 1. The second-order valence-corrected chi connectivity index (χ2v) is 5.92. The standard InChI is InChI=1S/C14H15NO4S/c1-3-15-20(17,18)14-13(8-9-19-14)12-6-4-11(5-7-12)10(2)16/h4-9,15H,3H2,1-2H3. The Kier molecular flexibility index (Phi) is 4.06. The number of Topliss-reactive ketones (excluding diaryl/α,β-unsaturated/α-hetero) is 1. The maximum Gasteiger partial charge on any atom is 0.274 e. The molecule has 2 aromatic rings. The van der Waals surface area contributed by atoms with E-state index in [-0.39, 0.29) is 17.4 Å². The zero-order valence-corrected chi connectivity index (χ0v) is 12.0. The van der Waals surface area contributed by atoms with E-state index in [0.717, 1.165) is 0 Å². The fourth-order valence-corrected chi connectivity index (χ4v) is 3.03. The highest BCUT2D eigenvalue weighted by Gasteiger charge is 2.22. The molecule has 0 aliphatic carbocycles. The van der Waals surface area contributed by atoms with Crippen LogP contribution in [-0.4, -0.2) is 20.7 Å². The van der Waals surface area contributed by atoms with Crippen LogP contribution in [0.2, 0.25) is 0 Å². The monoisotopic (exact) mass is 293 g/mol. The molecule has 0 unspecified atom stereocenters. The van der Waals surface area contributed by atoms with Gasteiger partial charge in [0.15, 0.2) is 5.78 Å². The van der Waals surface area contributed by atoms with E-state index in [1.807, 2.05) is 0 Å². The predicted octanol–water partition coefficient (Wildman–Crippen LogP) is 2.45. The molecule has 2 rings (SSSR count). The molecule has 0 aliphatic rings. The summed E-state index contributed by atoms with van der Waals surface area (Å²) in [6, 6.07) is 8.31.